The van der Waals surface area contributed by atoms with Crippen molar-refractivity contribution in [3.05, 3.63) is 41.8 Å². The second kappa shape index (κ2) is 6.92. The first-order valence-electron chi connectivity index (χ1n) is 7.00. The first-order valence-corrected chi connectivity index (χ1v) is 7.00. The number of oxazole rings is 1. The Morgan fingerprint density at radius 3 is 2.71 bits per heavy atom. The standard InChI is InChI=1S/C16H21N3O2/c1-11(2)8-15(17)19-21-10-14-9-20-16(18-14)13-6-4-12(3)5-7-13/h4-7,9,11H,8,10H2,1-3H3,(H2,17,19). The minimum Gasteiger partial charge on any atom is -0.444 e. The smallest absolute Gasteiger partial charge is 0.226 e. The van der Waals surface area contributed by atoms with Crippen LogP contribution in [0.15, 0.2) is 40.1 Å². The van der Waals surface area contributed by atoms with Crippen molar-refractivity contribution in [2.75, 3.05) is 0 Å². The van der Waals surface area contributed by atoms with E-state index in [0.717, 1.165) is 5.56 Å². The van der Waals surface area contributed by atoms with Gasteiger partial charge in [0, 0.05) is 12.0 Å². The zero-order valence-corrected chi connectivity index (χ0v) is 12.7. The number of aromatic nitrogens is 1. The highest BCUT2D eigenvalue weighted by Crippen LogP contribution is 2.19. The van der Waals surface area contributed by atoms with E-state index in [-0.39, 0.29) is 6.61 Å². The highest BCUT2D eigenvalue weighted by molar-refractivity contribution is 5.79. The number of nitrogens with two attached hydrogens (primary N) is 1. The molecule has 0 unspecified atom stereocenters. The number of benzene rings is 1. The average Bonchev–Trinajstić information content (AvgIpc) is 2.87. The molecular weight excluding hydrogens is 266 g/mol. The van der Waals surface area contributed by atoms with E-state index in [2.05, 4.69) is 24.0 Å². The maximum atomic E-state index is 5.73. The molecule has 1 aromatic heterocycles. The Kier molecular flexibility index (Phi) is 4.98. The zero-order valence-electron chi connectivity index (χ0n) is 12.7. The van der Waals surface area contributed by atoms with Crippen LogP contribution in [-0.2, 0) is 11.4 Å². The molecule has 0 aliphatic carbocycles. The molecular formula is C16H21N3O2. The second-order valence-electron chi connectivity index (χ2n) is 5.46. The van der Waals surface area contributed by atoms with Gasteiger partial charge in [-0.05, 0) is 25.0 Å². The van der Waals surface area contributed by atoms with Gasteiger partial charge >= 0.3 is 0 Å². The topological polar surface area (TPSA) is 73.6 Å². The number of rotatable bonds is 6. The van der Waals surface area contributed by atoms with Crippen molar-refractivity contribution in [1.82, 2.24) is 4.98 Å². The van der Waals surface area contributed by atoms with Crippen LogP contribution >= 0.6 is 0 Å². The number of amidine groups is 1. The number of hydrogen-bond donors (Lipinski definition) is 1. The molecule has 2 N–H and O–H groups in total. The van der Waals surface area contributed by atoms with E-state index in [1.165, 1.54) is 5.56 Å². The molecule has 0 aliphatic heterocycles. The fourth-order valence-electron chi connectivity index (χ4n) is 1.84. The van der Waals surface area contributed by atoms with Gasteiger partial charge in [0.2, 0.25) is 5.89 Å². The summed E-state index contributed by atoms with van der Waals surface area (Å²) in [5.41, 5.74) is 8.55. The maximum absolute atomic E-state index is 5.73. The minimum atomic E-state index is 0.244. The van der Waals surface area contributed by atoms with Gasteiger partial charge < -0.3 is 15.0 Å². The van der Waals surface area contributed by atoms with Crippen molar-refractivity contribution in [3.8, 4) is 11.5 Å². The van der Waals surface area contributed by atoms with Crippen molar-refractivity contribution < 1.29 is 9.25 Å². The van der Waals surface area contributed by atoms with Gasteiger partial charge in [-0.3, -0.25) is 0 Å². The fraction of sp³-hybridized carbons (Fsp3) is 0.375. The van der Waals surface area contributed by atoms with Crippen LogP contribution in [0, 0.1) is 12.8 Å². The van der Waals surface area contributed by atoms with Crippen LogP contribution in [0.1, 0.15) is 31.5 Å². The lowest BCUT2D eigenvalue weighted by atomic mass is 10.1. The third-order valence-electron chi connectivity index (χ3n) is 2.86. The monoisotopic (exact) mass is 287 g/mol. The molecule has 112 valence electrons. The zero-order chi connectivity index (χ0) is 15.2. The molecule has 1 aromatic carbocycles. The molecule has 0 atom stereocenters. The summed E-state index contributed by atoms with van der Waals surface area (Å²) >= 11 is 0. The molecule has 0 fully saturated rings. The summed E-state index contributed by atoms with van der Waals surface area (Å²) in [5.74, 6) is 1.53. The van der Waals surface area contributed by atoms with Crippen molar-refractivity contribution in [2.24, 2.45) is 16.8 Å². The van der Waals surface area contributed by atoms with Crippen LogP contribution in [0.5, 0.6) is 0 Å². The molecule has 1 heterocycles. The molecule has 5 heteroatoms. The third kappa shape index (κ3) is 4.63. The van der Waals surface area contributed by atoms with Crippen molar-refractivity contribution in [3.63, 3.8) is 0 Å². The molecule has 0 aliphatic rings. The van der Waals surface area contributed by atoms with Crippen LogP contribution in [0.2, 0.25) is 0 Å². The van der Waals surface area contributed by atoms with Gasteiger partial charge in [-0.2, -0.15) is 0 Å². The highest BCUT2D eigenvalue weighted by Gasteiger charge is 2.07. The Balaban J connectivity index is 1.93. The maximum Gasteiger partial charge on any atom is 0.226 e. The number of aryl methyl sites for hydroxylation is 1. The van der Waals surface area contributed by atoms with Gasteiger partial charge in [-0.1, -0.05) is 36.7 Å². The van der Waals surface area contributed by atoms with E-state index in [9.17, 15) is 0 Å². The van der Waals surface area contributed by atoms with E-state index in [1.54, 1.807) is 6.26 Å². The van der Waals surface area contributed by atoms with E-state index in [4.69, 9.17) is 15.0 Å². The van der Waals surface area contributed by atoms with E-state index < -0.39 is 0 Å². The summed E-state index contributed by atoms with van der Waals surface area (Å²) < 4.78 is 5.44. The van der Waals surface area contributed by atoms with Gasteiger partial charge in [0.1, 0.15) is 17.8 Å². The van der Waals surface area contributed by atoms with Gasteiger partial charge in [0.15, 0.2) is 6.61 Å². The summed E-state index contributed by atoms with van der Waals surface area (Å²) in [6.45, 7) is 6.44. The van der Waals surface area contributed by atoms with E-state index in [1.807, 2.05) is 31.2 Å². The number of hydrogen-bond acceptors (Lipinski definition) is 4. The molecule has 0 saturated carbocycles. The summed E-state index contributed by atoms with van der Waals surface area (Å²) in [6.07, 6.45) is 2.29. The predicted molar refractivity (Wildman–Crippen MR) is 82.5 cm³/mol. The quantitative estimate of drug-likeness (QED) is 0.501. The van der Waals surface area contributed by atoms with Gasteiger partial charge in [0.05, 0.1) is 0 Å². The SMILES string of the molecule is Cc1ccc(-c2nc(CO/N=C(\N)CC(C)C)co2)cc1. The highest BCUT2D eigenvalue weighted by atomic mass is 16.6. The fourth-order valence-corrected chi connectivity index (χ4v) is 1.84. The van der Waals surface area contributed by atoms with Gasteiger partial charge in [0.25, 0.3) is 0 Å². The molecule has 0 saturated heterocycles. The summed E-state index contributed by atoms with van der Waals surface area (Å²) in [7, 11) is 0. The lowest BCUT2D eigenvalue weighted by molar-refractivity contribution is 0.126. The van der Waals surface area contributed by atoms with Crippen LogP contribution in [-0.4, -0.2) is 10.8 Å². The third-order valence-corrected chi connectivity index (χ3v) is 2.86. The Hall–Kier alpha value is -2.30. The summed E-state index contributed by atoms with van der Waals surface area (Å²) in [4.78, 5) is 9.56. The van der Waals surface area contributed by atoms with Gasteiger partial charge in [-0.15, -0.1) is 0 Å². The molecule has 2 aromatic rings. The first kappa shape index (κ1) is 15.1. The average molecular weight is 287 g/mol. The Labute approximate surface area is 124 Å². The van der Waals surface area contributed by atoms with Crippen molar-refractivity contribution in [1.29, 1.82) is 0 Å². The second-order valence-corrected chi connectivity index (χ2v) is 5.46. The molecule has 0 spiro atoms. The Morgan fingerprint density at radius 2 is 2.05 bits per heavy atom. The van der Waals surface area contributed by atoms with E-state index >= 15 is 0 Å². The molecule has 0 bridgehead atoms. The lowest BCUT2D eigenvalue weighted by Crippen LogP contribution is -2.14. The van der Waals surface area contributed by atoms with Gasteiger partial charge in [-0.25, -0.2) is 4.98 Å². The summed E-state index contributed by atoms with van der Waals surface area (Å²) in [5, 5.41) is 3.87. The predicted octanol–water partition coefficient (Wildman–Crippen LogP) is 3.48. The van der Waals surface area contributed by atoms with Crippen molar-refractivity contribution >= 4 is 5.84 Å². The van der Waals surface area contributed by atoms with Crippen LogP contribution in [0.25, 0.3) is 11.5 Å². The Morgan fingerprint density at radius 1 is 1.33 bits per heavy atom. The molecule has 21 heavy (non-hydrogen) atoms. The number of nitrogens with zero attached hydrogens (tertiary/aromatic N) is 2. The normalized spacial score (nSPS) is 11.9. The minimum absolute atomic E-state index is 0.244. The number of oxime groups is 1. The molecule has 5 nitrogen and oxygen atoms in total. The molecule has 0 amide bonds. The lowest BCUT2D eigenvalue weighted by Gasteiger charge is -2.03. The van der Waals surface area contributed by atoms with Crippen molar-refractivity contribution in [2.45, 2.75) is 33.8 Å². The van der Waals surface area contributed by atoms with Crippen LogP contribution in [0.3, 0.4) is 0 Å². The molecule has 0 radical (unpaired) electrons. The van der Waals surface area contributed by atoms with Crippen LogP contribution < -0.4 is 5.73 Å². The summed E-state index contributed by atoms with van der Waals surface area (Å²) in [6, 6.07) is 7.99. The van der Waals surface area contributed by atoms with E-state index in [0.29, 0.717) is 29.8 Å². The largest absolute Gasteiger partial charge is 0.444 e. The molecule has 2 rings (SSSR count). The van der Waals surface area contributed by atoms with Crippen LogP contribution in [0.4, 0.5) is 0 Å². The Bertz CT molecular complexity index is 600. The first-order chi connectivity index (χ1) is 10.0.